The molecule has 3 rings (SSSR count). The first-order valence-electron chi connectivity index (χ1n) is 18.3. The Kier molecular flexibility index (Phi) is 17.9. The number of carbonyl (C=O) groups excluding carboxylic acids is 6. The lowest BCUT2D eigenvalue weighted by atomic mass is 9.76. The quantitative estimate of drug-likeness (QED) is 0.0184. The number of para-hydroxylation sites is 2. The number of allylic oxidation sites excluding steroid dienone is 1. The van der Waals surface area contributed by atoms with Gasteiger partial charge in [0.1, 0.15) is 43.0 Å². The molecular formula is C42H47N3O13. The fourth-order valence-corrected chi connectivity index (χ4v) is 6.04. The number of rotatable bonds is 22. The number of esters is 3. The summed E-state index contributed by atoms with van der Waals surface area (Å²) in [5.41, 5.74) is 0.334. The van der Waals surface area contributed by atoms with Crippen molar-refractivity contribution in [2.75, 3.05) is 32.8 Å². The van der Waals surface area contributed by atoms with Crippen molar-refractivity contribution in [3.05, 3.63) is 101 Å². The van der Waals surface area contributed by atoms with Gasteiger partial charge in [0.15, 0.2) is 5.70 Å². The summed E-state index contributed by atoms with van der Waals surface area (Å²) in [5.74, 6) is -9.02. The average Bonchev–Trinajstić information content (AvgIpc) is 3.23. The Morgan fingerprint density at radius 3 is 2.09 bits per heavy atom. The molecule has 16 heteroatoms. The van der Waals surface area contributed by atoms with E-state index in [4.69, 9.17) is 18.9 Å². The number of amides is 1. The predicted octanol–water partition coefficient (Wildman–Crippen LogP) is 6.63. The number of benzene rings is 3. The Bertz CT molecular complexity index is 1990. The Morgan fingerprint density at radius 1 is 0.828 bits per heavy atom. The maximum Gasteiger partial charge on any atom is 0.340 e. The summed E-state index contributed by atoms with van der Waals surface area (Å²) in [6, 6.07) is 19.4. The van der Waals surface area contributed by atoms with Gasteiger partial charge in [-0.15, -0.1) is 10.2 Å². The molecule has 1 amide bonds. The fourth-order valence-electron chi connectivity index (χ4n) is 6.04. The minimum atomic E-state index is -1.17. The van der Waals surface area contributed by atoms with Crippen LogP contribution in [0.15, 0.2) is 94.5 Å². The summed E-state index contributed by atoms with van der Waals surface area (Å²) < 4.78 is 20.6. The molecule has 16 nitrogen and oxygen atoms in total. The normalized spacial score (nSPS) is 14.1. The third kappa shape index (κ3) is 12.7. The van der Waals surface area contributed by atoms with E-state index in [1.807, 2.05) is 37.3 Å². The van der Waals surface area contributed by atoms with Crippen LogP contribution >= 0.6 is 0 Å². The van der Waals surface area contributed by atoms with Gasteiger partial charge < -0.3 is 44.1 Å². The van der Waals surface area contributed by atoms with Crippen molar-refractivity contribution in [2.24, 2.45) is 33.9 Å². The molecule has 0 fully saturated rings. The molecule has 0 aliphatic heterocycles. The van der Waals surface area contributed by atoms with E-state index < -0.39 is 64.9 Å². The molecule has 3 aromatic rings. The van der Waals surface area contributed by atoms with Crippen LogP contribution in [0, 0.1) is 23.7 Å². The van der Waals surface area contributed by atoms with E-state index in [1.54, 1.807) is 12.1 Å². The van der Waals surface area contributed by atoms with Crippen molar-refractivity contribution < 1.29 is 62.7 Å². The van der Waals surface area contributed by atoms with Crippen LogP contribution in [0.3, 0.4) is 0 Å². The van der Waals surface area contributed by atoms with Gasteiger partial charge in [0.25, 0.3) is 5.91 Å². The van der Waals surface area contributed by atoms with Gasteiger partial charge in [-0.3, -0.25) is 14.4 Å². The molecule has 5 atom stereocenters. The number of hydrogen-bond donors (Lipinski definition) is 3. The molecule has 58 heavy (non-hydrogen) atoms. The van der Waals surface area contributed by atoms with Gasteiger partial charge in [-0.25, -0.2) is 9.59 Å². The first-order chi connectivity index (χ1) is 27.8. The van der Waals surface area contributed by atoms with E-state index in [0.717, 1.165) is 12.7 Å². The first kappa shape index (κ1) is 45.7. The molecule has 0 spiro atoms. The van der Waals surface area contributed by atoms with Gasteiger partial charge in [0.05, 0.1) is 42.9 Å². The second kappa shape index (κ2) is 22.7. The monoisotopic (exact) mass is 801 g/mol. The molecule has 0 radical (unpaired) electrons. The third-order valence-corrected chi connectivity index (χ3v) is 9.40. The van der Waals surface area contributed by atoms with Crippen molar-refractivity contribution >= 4 is 53.7 Å². The molecule has 0 saturated carbocycles. The van der Waals surface area contributed by atoms with E-state index in [0.29, 0.717) is 19.0 Å². The zero-order chi connectivity index (χ0) is 42.8. The van der Waals surface area contributed by atoms with Gasteiger partial charge in [-0.05, 0) is 68.0 Å². The number of azo groups is 1. The van der Waals surface area contributed by atoms with E-state index in [2.05, 4.69) is 15.5 Å². The Morgan fingerprint density at radius 2 is 1.48 bits per heavy atom. The topological polar surface area (TPSA) is 234 Å². The van der Waals surface area contributed by atoms with E-state index in [1.165, 1.54) is 51.3 Å². The summed E-state index contributed by atoms with van der Waals surface area (Å²) in [6.07, 6.45) is 1.71. The number of aldehydes is 2. The fraction of sp³-hybridized carbons (Fsp3) is 0.357. The highest BCUT2D eigenvalue weighted by molar-refractivity contribution is 6.04. The minimum absolute atomic E-state index is 0.0326. The second-order valence-corrected chi connectivity index (χ2v) is 13.1. The predicted molar refractivity (Wildman–Crippen MR) is 209 cm³/mol. The van der Waals surface area contributed by atoms with Crippen LogP contribution in [0.25, 0.3) is 0 Å². The zero-order valence-corrected chi connectivity index (χ0v) is 32.8. The molecule has 308 valence electrons. The number of hydrogen-bond acceptors (Lipinski definition) is 14. The van der Waals surface area contributed by atoms with Crippen LogP contribution in [-0.4, -0.2) is 80.0 Å². The van der Waals surface area contributed by atoms with E-state index in [9.17, 15) is 43.8 Å². The van der Waals surface area contributed by atoms with Crippen molar-refractivity contribution in [3.8, 4) is 5.75 Å². The standard InChI is InChI=1S/C42H47N3O13/c1-6-27(28-12-8-7-9-13-28)21-33(39(50)51)31(24-47)20-30(23-46)25(2)40(52)58-19-18-57-36-15-11-10-14-34(36)43-38(49)37(26(3)48)45-44-35-22-29(41(53)55-4)16-17-32(35)42(54)56-5/h7-17,22-25,27,30-31,33,48H,6,18-21H2,1-5H3,(H,43,49)(H,50,51). The SMILES string of the molecule is CCC(CC(C(=O)O)C(C=O)CC(C=O)C(C)C(=O)OCCOc1ccccc1NC(=O)C(N=Nc1cc(C(=O)OC)ccc1C(=O)OC)=C(C)O)c1ccccc1. The number of nitrogens with zero attached hydrogens (tertiary/aromatic N) is 2. The Labute approximate surface area is 335 Å². The van der Waals surface area contributed by atoms with Crippen molar-refractivity contribution in [3.63, 3.8) is 0 Å². The molecule has 3 aromatic carbocycles. The number of aliphatic carboxylic acids is 1. The number of carboxylic acids is 1. The molecule has 3 N–H and O–H groups in total. The van der Waals surface area contributed by atoms with Crippen LogP contribution in [0.1, 0.15) is 72.2 Å². The maximum absolute atomic E-state index is 13.3. The molecule has 0 aromatic heterocycles. The molecule has 0 bridgehead atoms. The summed E-state index contributed by atoms with van der Waals surface area (Å²) in [7, 11) is 2.31. The Balaban J connectivity index is 1.65. The summed E-state index contributed by atoms with van der Waals surface area (Å²) >= 11 is 0. The number of carboxylic acid groups (broad SMARTS) is 1. The number of nitrogens with one attached hydrogen (secondary N) is 1. The first-order valence-corrected chi connectivity index (χ1v) is 18.3. The molecular weight excluding hydrogens is 754 g/mol. The third-order valence-electron chi connectivity index (χ3n) is 9.40. The van der Waals surface area contributed by atoms with Crippen molar-refractivity contribution in [1.82, 2.24) is 0 Å². The maximum atomic E-state index is 13.3. The second-order valence-electron chi connectivity index (χ2n) is 13.1. The minimum Gasteiger partial charge on any atom is -0.510 e. The van der Waals surface area contributed by atoms with E-state index >= 15 is 0 Å². The van der Waals surface area contributed by atoms with Crippen molar-refractivity contribution in [2.45, 2.75) is 46.0 Å². The van der Waals surface area contributed by atoms with Crippen molar-refractivity contribution in [1.29, 1.82) is 0 Å². The Hall–Kier alpha value is -6.71. The summed E-state index contributed by atoms with van der Waals surface area (Å²) in [6.45, 7) is 4.11. The number of methoxy groups -OCH3 is 2. The highest BCUT2D eigenvalue weighted by atomic mass is 16.6. The average molecular weight is 802 g/mol. The highest BCUT2D eigenvalue weighted by Gasteiger charge is 2.35. The number of aliphatic hydroxyl groups excluding tert-OH is 1. The van der Waals surface area contributed by atoms with Gasteiger partial charge in [0.2, 0.25) is 0 Å². The smallest absolute Gasteiger partial charge is 0.340 e. The number of anilines is 1. The van der Waals surface area contributed by atoms with Gasteiger partial charge >= 0.3 is 23.9 Å². The lowest BCUT2D eigenvalue weighted by Crippen LogP contribution is -2.32. The van der Waals surface area contributed by atoms with Crippen LogP contribution in [0.5, 0.6) is 5.75 Å². The molecule has 0 aliphatic rings. The molecule has 5 unspecified atom stereocenters. The number of aliphatic hydroxyl groups is 1. The largest absolute Gasteiger partial charge is 0.510 e. The molecule has 0 saturated heterocycles. The summed E-state index contributed by atoms with van der Waals surface area (Å²) in [4.78, 5) is 87.3. The molecule has 0 aliphatic carbocycles. The van der Waals surface area contributed by atoms with Crippen LogP contribution in [-0.2, 0) is 38.2 Å². The van der Waals surface area contributed by atoms with Gasteiger partial charge in [0, 0.05) is 11.8 Å². The highest BCUT2D eigenvalue weighted by Crippen LogP contribution is 2.34. The van der Waals surface area contributed by atoms with Gasteiger partial charge in [-0.2, -0.15) is 0 Å². The lowest BCUT2D eigenvalue weighted by molar-refractivity contribution is -0.152. The summed E-state index contributed by atoms with van der Waals surface area (Å²) in [5, 5.41) is 30.7. The molecule has 0 heterocycles. The zero-order valence-electron chi connectivity index (χ0n) is 32.8. The lowest BCUT2D eigenvalue weighted by Gasteiger charge is -2.27. The van der Waals surface area contributed by atoms with Crippen LogP contribution in [0.2, 0.25) is 0 Å². The van der Waals surface area contributed by atoms with Crippen LogP contribution in [0.4, 0.5) is 11.4 Å². The van der Waals surface area contributed by atoms with Crippen LogP contribution < -0.4 is 10.1 Å². The van der Waals surface area contributed by atoms with Gasteiger partial charge in [-0.1, -0.05) is 56.3 Å². The number of carbonyl (C=O) groups is 7. The van der Waals surface area contributed by atoms with E-state index in [-0.39, 0.29) is 60.2 Å². The number of ether oxygens (including phenoxy) is 4.